The molecule has 0 radical (unpaired) electrons. The van der Waals surface area contributed by atoms with Crippen molar-refractivity contribution in [1.82, 2.24) is 5.48 Å². The lowest BCUT2D eigenvalue weighted by Crippen LogP contribution is -2.06. The molecule has 0 aliphatic rings. The van der Waals surface area contributed by atoms with Crippen LogP contribution >= 0.6 is 27.5 Å². The smallest absolute Gasteiger partial charge is 0.0469 e. The van der Waals surface area contributed by atoms with Gasteiger partial charge in [-0.3, -0.25) is 0 Å². The zero-order chi connectivity index (χ0) is 8.27. The maximum atomic E-state index is 8.41. The van der Waals surface area contributed by atoms with Crippen LogP contribution < -0.4 is 5.48 Å². The fourth-order valence-electron chi connectivity index (χ4n) is 0.750. The molecular weight excluding hydrogens is 229 g/mol. The van der Waals surface area contributed by atoms with Crippen molar-refractivity contribution in [2.24, 2.45) is 0 Å². The van der Waals surface area contributed by atoms with Gasteiger partial charge in [-0.15, -0.1) is 0 Å². The summed E-state index contributed by atoms with van der Waals surface area (Å²) in [4.78, 5) is 0. The van der Waals surface area contributed by atoms with Crippen LogP contribution in [0, 0.1) is 0 Å². The molecule has 2 nitrogen and oxygen atoms in total. The first kappa shape index (κ1) is 9.00. The van der Waals surface area contributed by atoms with Crippen molar-refractivity contribution in [3.05, 3.63) is 33.3 Å². The summed E-state index contributed by atoms with van der Waals surface area (Å²) in [5.74, 6) is 0. The van der Waals surface area contributed by atoms with Crippen molar-refractivity contribution in [3.8, 4) is 0 Å². The monoisotopic (exact) mass is 235 g/mol. The number of benzene rings is 1. The Bertz CT molecular complexity index is 254. The second-order valence-electron chi connectivity index (χ2n) is 2.07. The summed E-state index contributed by atoms with van der Waals surface area (Å²) in [6, 6.07) is 5.41. The van der Waals surface area contributed by atoms with Crippen LogP contribution in [0.25, 0.3) is 0 Å². The second-order valence-corrected chi connectivity index (χ2v) is 3.36. The van der Waals surface area contributed by atoms with E-state index in [0.29, 0.717) is 11.6 Å². The van der Waals surface area contributed by atoms with E-state index in [-0.39, 0.29) is 0 Å². The molecule has 0 aliphatic carbocycles. The van der Waals surface area contributed by atoms with Gasteiger partial charge in [-0.2, -0.15) is 0 Å². The van der Waals surface area contributed by atoms with Gasteiger partial charge in [0, 0.05) is 16.0 Å². The molecule has 0 atom stereocenters. The second kappa shape index (κ2) is 4.07. The molecule has 2 N–H and O–H groups in total. The van der Waals surface area contributed by atoms with Crippen LogP contribution in [0.15, 0.2) is 22.7 Å². The van der Waals surface area contributed by atoms with Crippen LogP contribution in [0.1, 0.15) is 5.56 Å². The largest absolute Gasteiger partial charge is 0.316 e. The summed E-state index contributed by atoms with van der Waals surface area (Å²) in [6.07, 6.45) is 0. The molecule has 11 heavy (non-hydrogen) atoms. The van der Waals surface area contributed by atoms with Crippen molar-refractivity contribution < 1.29 is 5.21 Å². The molecule has 0 fully saturated rings. The van der Waals surface area contributed by atoms with Crippen molar-refractivity contribution in [2.45, 2.75) is 6.54 Å². The molecule has 0 spiro atoms. The van der Waals surface area contributed by atoms with Crippen LogP contribution in [0.5, 0.6) is 0 Å². The lowest BCUT2D eigenvalue weighted by molar-refractivity contribution is 0.161. The predicted molar refractivity (Wildman–Crippen MR) is 47.8 cm³/mol. The van der Waals surface area contributed by atoms with Crippen molar-refractivity contribution >= 4 is 27.5 Å². The van der Waals surface area contributed by atoms with Gasteiger partial charge in [-0.25, -0.2) is 5.48 Å². The maximum absolute atomic E-state index is 8.41. The van der Waals surface area contributed by atoms with E-state index in [1.54, 1.807) is 12.1 Å². The molecule has 0 amide bonds. The van der Waals surface area contributed by atoms with Gasteiger partial charge in [0.1, 0.15) is 0 Å². The average molecular weight is 236 g/mol. The topological polar surface area (TPSA) is 32.3 Å². The van der Waals surface area contributed by atoms with Gasteiger partial charge in [-0.05, 0) is 17.7 Å². The Morgan fingerprint density at radius 3 is 2.82 bits per heavy atom. The summed E-state index contributed by atoms with van der Waals surface area (Å²) in [7, 11) is 0. The minimum absolute atomic E-state index is 0.414. The van der Waals surface area contributed by atoms with E-state index < -0.39 is 0 Å². The highest BCUT2D eigenvalue weighted by atomic mass is 79.9. The van der Waals surface area contributed by atoms with E-state index in [9.17, 15) is 0 Å². The molecule has 0 heterocycles. The van der Waals surface area contributed by atoms with Gasteiger partial charge in [0.2, 0.25) is 0 Å². The summed E-state index contributed by atoms with van der Waals surface area (Å²) in [5.41, 5.74) is 3.04. The number of halogens is 2. The van der Waals surface area contributed by atoms with Crippen LogP contribution in [0.4, 0.5) is 0 Å². The molecule has 1 aromatic carbocycles. The van der Waals surface area contributed by atoms with E-state index >= 15 is 0 Å². The molecule has 0 bridgehead atoms. The molecule has 1 rings (SSSR count). The molecule has 0 saturated heterocycles. The first-order valence-electron chi connectivity index (χ1n) is 3.05. The zero-order valence-corrected chi connectivity index (χ0v) is 7.98. The van der Waals surface area contributed by atoms with Gasteiger partial charge in [0.05, 0.1) is 0 Å². The van der Waals surface area contributed by atoms with E-state index in [4.69, 9.17) is 16.8 Å². The van der Waals surface area contributed by atoms with Gasteiger partial charge in [-0.1, -0.05) is 33.6 Å². The third kappa shape index (κ3) is 2.45. The third-order valence-electron chi connectivity index (χ3n) is 1.28. The SMILES string of the molecule is ONCc1ccc(Cl)cc1Br. The highest BCUT2D eigenvalue weighted by Gasteiger charge is 1.98. The third-order valence-corrected chi connectivity index (χ3v) is 2.26. The van der Waals surface area contributed by atoms with E-state index in [1.807, 2.05) is 6.07 Å². The van der Waals surface area contributed by atoms with Gasteiger partial charge in [0.15, 0.2) is 0 Å². The molecular formula is C7H7BrClNO. The minimum Gasteiger partial charge on any atom is -0.316 e. The Hall–Kier alpha value is -0.0900. The van der Waals surface area contributed by atoms with Crippen molar-refractivity contribution in [3.63, 3.8) is 0 Å². The Morgan fingerprint density at radius 2 is 2.27 bits per heavy atom. The first-order valence-corrected chi connectivity index (χ1v) is 4.22. The fourth-order valence-corrected chi connectivity index (χ4v) is 1.57. The van der Waals surface area contributed by atoms with Crippen molar-refractivity contribution in [2.75, 3.05) is 0 Å². The Balaban J connectivity index is 2.90. The van der Waals surface area contributed by atoms with Crippen LogP contribution in [0.2, 0.25) is 5.02 Å². The van der Waals surface area contributed by atoms with E-state index in [0.717, 1.165) is 10.0 Å². The van der Waals surface area contributed by atoms with Crippen LogP contribution in [-0.4, -0.2) is 5.21 Å². The molecule has 4 heteroatoms. The van der Waals surface area contributed by atoms with Crippen molar-refractivity contribution in [1.29, 1.82) is 0 Å². The zero-order valence-electron chi connectivity index (χ0n) is 5.64. The summed E-state index contributed by atoms with van der Waals surface area (Å²) in [6.45, 7) is 0.414. The molecule has 1 aromatic rings. The highest BCUT2D eigenvalue weighted by Crippen LogP contribution is 2.20. The van der Waals surface area contributed by atoms with Crippen LogP contribution in [0.3, 0.4) is 0 Å². The van der Waals surface area contributed by atoms with E-state index in [1.165, 1.54) is 0 Å². The first-order chi connectivity index (χ1) is 5.24. The number of nitrogens with one attached hydrogen (secondary N) is 1. The molecule has 0 unspecified atom stereocenters. The molecule has 0 saturated carbocycles. The van der Waals surface area contributed by atoms with Gasteiger partial charge < -0.3 is 5.21 Å². The number of hydrogen-bond acceptors (Lipinski definition) is 2. The summed E-state index contributed by atoms with van der Waals surface area (Å²) >= 11 is 9.02. The maximum Gasteiger partial charge on any atom is 0.0469 e. The highest BCUT2D eigenvalue weighted by molar-refractivity contribution is 9.10. The molecule has 60 valence electrons. The number of hydrogen-bond donors (Lipinski definition) is 2. The van der Waals surface area contributed by atoms with Crippen LogP contribution in [-0.2, 0) is 6.54 Å². The Kier molecular flexibility index (Phi) is 3.33. The standard InChI is InChI=1S/C7H7BrClNO/c8-7-3-6(9)2-1-5(7)4-10-11/h1-3,10-11H,4H2. The lowest BCUT2D eigenvalue weighted by Gasteiger charge is -2.01. The Labute approximate surface area is 78.3 Å². The van der Waals surface area contributed by atoms with E-state index in [2.05, 4.69) is 21.4 Å². The number of rotatable bonds is 2. The minimum atomic E-state index is 0.414. The quantitative estimate of drug-likeness (QED) is 0.774. The van der Waals surface area contributed by atoms with Gasteiger partial charge >= 0.3 is 0 Å². The lowest BCUT2D eigenvalue weighted by atomic mass is 10.2. The Morgan fingerprint density at radius 1 is 1.55 bits per heavy atom. The molecule has 0 aromatic heterocycles. The predicted octanol–water partition coefficient (Wildman–Crippen LogP) is 2.58. The van der Waals surface area contributed by atoms with Gasteiger partial charge in [0.25, 0.3) is 0 Å². The summed E-state index contributed by atoms with van der Waals surface area (Å²) < 4.78 is 0.895. The fraction of sp³-hybridized carbons (Fsp3) is 0.143. The average Bonchev–Trinajstić information content (AvgIpc) is 1.95. The number of hydroxylamine groups is 1. The normalized spacial score (nSPS) is 10.1. The molecule has 0 aliphatic heterocycles. The summed E-state index contributed by atoms with van der Waals surface area (Å²) in [5, 5.41) is 9.09.